The van der Waals surface area contributed by atoms with Gasteiger partial charge in [0.15, 0.2) is 0 Å². The first-order valence-corrected chi connectivity index (χ1v) is 5.82. The fraction of sp³-hybridized carbons (Fsp3) is 0.462. The summed E-state index contributed by atoms with van der Waals surface area (Å²) in [6.45, 7) is 0.744. The highest BCUT2D eigenvalue weighted by atomic mass is 16.5. The number of rotatable bonds is 4. The Morgan fingerprint density at radius 2 is 2.29 bits per heavy atom. The molecule has 1 heterocycles. The molecule has 0 radical (unpaired) electrons. The Labute approximate surface area is 99.8 Å². The Balaban J connectivity index is 2.08. The SMILES string of the molecule is O=C(O)CCC(O)c1ccc2c(c1)CCCO2. The molecule has 1 atom stereocenters. The highest BCUT2D eigenvalue weighted by Gasteiger charge is 2.15. The standard InChI is InChI=1S/C13H16O4/c14-11(4-6-13(15)16)9-3-5-12-10(8-9)2-1-7-17-12/h3,5,8,11,14H,1-2,4,6-7H2,(H,15,16). The van der Waals surface area contributed by atoms with Crippen molar-refractivity contribution in [3.63, 3.8) is 0 Å². The van der Waals surface area contributed by atoms with Gasteiger partial charge in [0.25, 0.3) is 0 Å². The van der Waals surface area contributed by atoms with E-state index in [1.807, 2.05) is 12.1 Å². The second-order valence-electron chi connectivity index (χ2n) is 4.27. The molecule has 1 aromatic rings. The average Bonchev–Trinajstić information content (AvgIpc) is 2.35. The van der Waals surface area contributed by atoms with E-state index in [1.165, 1.54) is 0 Å². The minimum atomic E-state index is -0.884. The molecule has 1 unspecified atom stereocenters. The Kier molecular flexibility index (Phi) is 3.64. The van der Waals surface area contributed by atoms with E-state index in [0.717, 1.165) is 36.3 Å². The number of aryl methyl sites for hydroxylation is 1. The summed E-state index contributed by atoms with van der Waals surface area (Å²) in [5.41, 5.74) is 1.87. The van der Waals surface area contributed by atoms with Crippen LogP contribution in [0.4, 0.5) is 0 Å². The number of hydrogen-bond acceptors (Lipinski definition) is 3. The lowest BCUT2D eigenvalue weighted by atomic mass is 9.98. The molecule has 17 heavy (non-hydrogen) atoms. The lowest BCUT2D eigenvalue weighted by molar-refractivity contribution is -0.137. The number of carboxylic acids is 1. The minimum Gasteiger partial charge on any atom is -0.493 e. The van der Waals surface area contributed by atoms with Crippen LogP contribution in [-0.4, -0.2) is 22.8 Å². The van der Waals surface area contributed by atoms with Gasteiger partial charge in [-0.3, -0.25) is 4.79 Å². The Hall–Kier alpha value is -1.55. The first kappa shape index (κ1) is 11.9. The maximum Gasteiger partial charge on any atom is 0.303 e. The number of carboxylic acid groups (broad SMARTS) is 1. The summed E-state index contributed by atoms with van der Waals surface area (Å²) < 4.78 is 5.48. The fourth-order valence-corrected chi connectivity index (χ4v) is 2.01. The third kappa shape index (κ3) is 2.97. The molecule has 2 N–H and O–H groups in total. The molecule has 0 amide bonds. The number of aliphatic hydroxyl groups excluding tert-OH is 1. The molecule has 92 valence electrons. The van der Waals surface area contributed by atoms with Gasteiger partial charge in [0.1, 0.15) is 5.75 Å². The van der Waals surface area contributed by atoms with Crippen LogP contribution in [0, 0.1) is 0 Å². The lowest BCUT2D eigenvalue weighted by Gasteiger charge is -2.19. The van der Waals surface area contributed by atoms with E-state index in [-0.39, 0.29) is 12.8 Å². The van der Waals surface area contributed by atoms with E-state index in [0.29, 0.717) is 0 Å². The summed E-state index contributed by atoms with van der Waals surface area (Å²) in [5, 5.41) is 18.4. The van der Waals surface area contributed by atoms with Gasteiger partial charge < -0.3 is 14.9 Å². The molecule has 4 nitrogen and oxygen atoms in total. The molecule has 0 aliphatic carbocycles. The molecule has 0 aromatic heterocycles. The summed E-state index contributed by atoms with van der Waals surface area (Å²) in [7, 11) is 0. The first-order valence-electron chi connectivity index (χ1n) is 5.82. The Morgan fingerprint density at radius 1 is 1.47 bits per heavy atom. The van der Waals surface area contributed by atoms with E-state index in [2.05, 4.69) is 0 Å². The zero-order chi connectivity index (χ0) is 12.3. The fourth-order valence-electron chi connectivity index (χ4n) is 2.01. The van der Waals surface area contributed by atoms with Crippen molar-refractivity contribution in [3.8, 4) is 5.75 Å². The molecule has 0 saturated heterocycles. The van der Waals surface area contributed by atoms with Crippen LogP contribution in [0.1, 0.15) is 36.5 Å². The molecule has 0 spiro atoms. The number of hydrogen-bond donors (Lipinski definition) is 2. The maximum atomic E-state index is 10.4. The van der Waals surface area contributed by atoms with Gasteiger partial charge in [-0.1, -0.05) is 6.07 Å². The zero-order valence-corrected chi connectivity index (χ0v) is 9.56. The van der Waals surface area contributed by atoms with Crippen molar-refractivity contribution in [2.45, 2.75) is 31.8 Å². The van der Waals surface area contributed by atoms with Crippen molar-refractivity contribution < 1.29 is 19.7 Å². The predicted molar refractivity (Wildman–Crippen MR) is 62.1 cm³/mol. The maximum absolute atomic E-state index is 10.4. The summed E-state index contributed by atoms with van der Waals surface area (Å²) in [6, 6.07) is 5.57. The van der Waals surface area contributed by atoms with Gasteiger partial charge in [-0.2, -0.15) is 0 Å². The summed E-state index contributed by atoms with van der Waals surface area (Å²) in [4.78, 5) is 10.4. The monoisotopic (exact) mass is 236 g/mol. The van der Waals surface area contributed by atoms with E-state index in [9.17, 15) is 9.90 Å². The molecular formula is C13H16O4. The van der Waals surface area contributed by atoms with Gasteiger partial charge in [0.2, 0.25) is 0 Å². The van der Waals surface area contributed by atoms with E-state index in [1.54, 1.807) is 6.07 Å². The molecule has 0 fully saturated rings. The van der Waals surface area contributed by atoms with Crippen LogP contribution in [0.5, 0.6) is 5.75 Å². The summed E-state index contributed by atoms with van der Waals surface area (Å²) in [5.74, 6) is -0.00391. The third-order valence-corrected chi connectivity index (χ3v) is 2.95. The number of aliphatic hydroxyl groups is 1. The van der Waals surface area contributed by atoms with Crippen LogP contribution in [-0.2, 0) is 11.2 Å². The van der Waals surface area contributed by atoms with E-state index in [4.69, 9.17) is 9.84 Å². The van der Waals surface area contributed by atoms with Crippen LogP contribution in [0.2, 0.25) is 0 Å². The average molecular weight is 236 g/mol. The number of fused-ring (bicyclic) bond motifs is 1. The summed E-state index contributed by atoms with van der Waals surface area (Å²) >= 11 is 0. The molecule has 4 heteroatoms. The van der Waals surface area contributed by atoms with Crippen molar-refractivity contribution in [1.82, 2.24) is 0 Å². The largest absolute Gasteiger partial charge is 0.493 e. The van der Waals surface area contributed by atoms with Crippen LogP contribution >= 0.6 is 0 Å². The van der Waals surface area contributed by atoms with E-state index >= 15 is 0 Å². The number of aliphatic carboxylic acids is 1. The Morgan fingerprint density at radius 3 is 3.06 bits per heavy atom. The van der Waals surface area contributed by atoms with Gasteiger partial charge in [-0.15, -0.1) is 0 Å². The molecule has 0 saturated carbocycles. The molecule has 1 aliphatic heterocycles. The molecule has 1 aliphatic rings. The van der Waals surface area contributed by atoms with Gasteiger partial charge in [0.05, 0.1) is 12.7 Å². The molecule has 0 bridgehead atoms. The summed E-state index contributed by atoms with van der Waals surface area (Å²) in [6.07, 6.45) is 1.46. The normalized spacial score (nSPS) is 15.8. The third-order valence-electron chi connectivity index (χ3n) is 2.95. The van der Waals surface area contributed by atoms with Crippen molar-refractivity contribution in [2.24, 2.45) is 0 Å². The van der Waals surface area contributed by atoms with Crippen molar-refractivity contribution in [2.75, 3.05) is 6.61 Å². The van der Waals surface area contributed by atoms with Crippen LogP contribution in [0.15, 0.2) is 18.2 Å². The molecule has 2 rings (SSSR count). The first-order chi connectivity index (χ1) is 8.16. The van der Waals surface area contributed by atoms with Gasteiger partial charge in [-0.25, -0.2) is 0 Å². The molecular weight excluding hydrogens is 220 g/mol. The van der Waals surface area contributed by atoms with Gasteiger partial charge in [0, 0.05) is 6.42 Å². The topological polar surface area (TPSA) is 66.8 Å². The number of carbonyl (C=O) groups is 1. The van der Waals surface area contributed by atoms with Crippen LogP contribution in [0.25, 0.3) is 0 Å². The zero-order valence-electron chi connectivity index (χ0n) is 9.56. The second kappa shape index (κ2) is 5.19. The van der Waals surface area contributed by atoms with E-state index < -0.39 is 12.1 Å². The lowest BCUT2D eigenvalue weighted by Crippen LogP contribution is -2.09. The Bertz CT molecular complexity index is 414. The highest BCUT2D eigenvalue weighted by Crippen LogP contribution is 2.29. The van der Waals surface area contributed by atoms with Gasteiger partial charge in [-0.05, 0) is 42.5 Å². The van der Waals surface area contributed by atoms with Crippen molar-refractivity contribution in [3.05, 3.63) is 29.3 Å². The quantitative estimate of drug-likeness (QED) is 0.838. The smallest absolute Gasteiger partial charge is 0.303 e. The number of ether oxygens (including phenoxy) is 1. The van der Waals surface area contributed by atoms with Crippen LogP contribution < -0.4 is 4.74 Å². The highest BCUT2D eigenvalue weighted by molar-refractivity contribution is 5.66. The number of benzene rings is 1. The predicted octanol–water partition coefficient (Wildman–Crippen LogP) is 1.91. The van der Waals surface area contributed by atoms with Crippen LogP contribution in [0.3, 0.4) is 0 Å². The van der Waals surface area contributed by atoms with Crippen molar-refractivity contribution in [1.29, 1.82) is 0 Å². The van der Waals surface area contributed by atoms with Gasteiger partial charge >= 0.3 is 5.97 Å². The molecule has 1 aromatic carbocycles. The second-order valence-corrected chi connectivity index (χ2v) is 4.27. The minimum absolute atomic E-state index is 0.0191. The van der Waals surface area contributed by atoms with Crippen molar-refractivity contribution >= 4 is 5.97 Å².